The molecule has 0 aromatic heterocycles. The first-order valence-corrected chi connectivity index (χ1v) is 15.2. The summed E-state index contributed by atoms with van der Waals surface area (Å²) in [7, 11) is 1.61. The summed E-state index contributed by atoms with van der Waals surface area (Å²) in [5.41, 5.74) is 4.47. The number of anilines is 2. The summed E-state index contributed by atoms with van der Waals surface area (Å²) in [6.45, 7) is 7.49. The van der Waals surface area contributed by atoms with Crippen molar-refractivity contribution in [2.45, 2.75) is 32.7 Å². The molecular weight excluding hydrogens is 569 g/mol. The predicted molar refractivity (Wildman–Crippen MR) is 169 cm³/mol. The number of benzene rings is 3. The molecule has 0 aliphatic carbocycles. The van der Waals surface area contributed by atoms with Gasteiger partial charge in [-0.1, -0.05) is 29.8 Å². The number of carbonyl (C=O) groups excluding carboxylic acids is 2. The van der Waals surface area contributed by atoms with Crippen LogP contribution in [-0.4, -0.2) is 74.7 Å². The molecule has 2 aliphatic heterocycles. The number of halogens is 2. The minimum absolute atomic E-state index is 0.00944. The molecule has 10 heteroatoms. The zero-order chi connectivity index (χ0) is 30.3. The summed E-state index contributed by atoms with van der Waals surface area (Å²) >= 11 is 6.59. The molecule has 2 aliphatic rings. The van der Waals surface area contributed by atoms with E-state index in [1.165, 1.54) is 25.0 Å². The Morgan fingerprint density at radius 2 is 1.65 bits per heavy atom. The van der Waals surface area contributed by atoms with Gasteiger partial charge in [-0.3, -0.25) is 9.69 Å². The standard InChI is InChI=1S/C33H39ClFN5O3/c1-23-19-25(22-38-13-3-4-14-38)20-29(34)31(23)37-33(42)40-17-15-39(16-18-40)26-7-10-28(30(35)21-26)32(41)36-12-11-24-5-8-27(43-2)9-6-24/h5-10,19-21H,3-4,11-18,22H2,1-2H3,(H,36,41)(H,37,42). The van der Waals surface area contributed by atoms with Crippen molar-refractivity contribution in [1.29, 1.82) is 0 Å². The van der Waals surface area contributed by atoms with Crippen LogP contribution in [0.15, 0.2) is 54.6 Å². The van der Waals surface area contributed by atoms with Crippen LogP contribution in [0, 0.1) is 12.7 Å². The van der Waals surface area contributed by atoms with Gasteiger partial charge in [0.1, 0.15) is 11.6 Å². The van der Waals surface area contributed by atoms with Crippen LogP contribution in [-0.2, 0) is 13.0 Å². The Hall–Kier alpha value is -3.82. The number of piperazine rings is 1. The van der Waals surface area contributed by atoms with Crippen LogP contribution in [0.3, 0.4) is 0 Å². The SMILES string of the molecule is COc1ccc(CCNC(=O)c2ccc(N3CCN(C(=O)Nc4c(C)cc(CN5CCCC5)cc4Cl)CC3)cc2F)cc1. The van der Waals surface area contributed by atoms with E-state index in [4.69, 9.17) is 16.3 Å². The highest BCUT2D eigenvalue weighted by atomic mass is 35.5. The number of aryl methyl sites for hydroxylation is 1. The minimum atomic E-state index is -0.571. The average molecular weight is 608 g/mol. The van der Waals surface area contributed by atoms with Crippen molar-refractivity contribution in [3.8, 4) is 5.75 Å². The van der Waals surface area contributed by atoms with E-state index in [0.29, 0.717) is 55.5 Å². The molecule has 0 atom stereocenters. The number of hydrogen-bond acceptors (Lipinski definition) is 5. The summed E-state index contributed by atoms with van der Waals surface area (Å²) in [6, 6.07) is 16.1. The molecule has 0 bridgehead atoms. The molecule has 2 heterocycles. The number of ether oxygens (including phenoxy) is 1. The Balaban J connectivity index is 1.10. The van der Waals surface area contributed by atoms with Gasteiger partial charge >= 0.3 is 6.03 Å². The average Bonchev–Trinajstić information content (AvgIpc) is 3.52. The first-order chi connectivity index (χ1) is 20.8. The molecule has 2 N–H and O–H groups in total. The minimum Gasteiger partial charge on any atom is -0.497 e. The lowest BCUT2D eigenvalue weighted by Crippen LogP contribution is -2.50. The Morgan fingerprint density at radius 1 is 0.930 bits per heavy atom. The molecule has 43 heavy (non-hydrogen) atoms. The van der Waals surface area contributed by atoms with Crippen molar-refractivity contribution < 1.29 is 18.7 Å². The smallest absolute Gasteiger partial charge is 0.322 e. The lowest BCUT2D eigenvalue weighted by atomic mass is 10.1. The number of amides is 3. The summed E-state index contributed by atoms with van der Waals surface area (Å²) in [5.74, 6) is -0.247. The number of methoxy groups -OCH3 is 1. The van der Waals surface area contributed by atoms with Crippen LogP contribution in [0.25, 0.3) is 0 Å². The molecule has 0 unspecified atom stereocenters. The molecule has 0 spiro atoms. The van der Waals surface area contributed by atoms with Crippen LogP contribution < -0.4 is 20.3 Å². The van der Waals surface area contributed by atoms with Crippen LogP contribution in [0.2, 0.25) is 5.02 Å². The Labute approximate surface area is 257 Å². The molecule has 5 rings (SSSR count). The largest absolute Gasteiger partial charge is 0.497 e. The highest BCUT2D eigenvalue weighted by Crippen LogP contribution is 2.29. The Bertz CT molecular complexity index is 1410. The quantitative estimate of drug-likeness (QED) is 0.325. The summed E-state index contributed by atoms with van der Waals surface area (Å²) in [4.78, 5) is 31.9. The number of nitrogens with one attached hydrogen (secondary N) is 2. The van der Waals surface area contributed by atoms with Crippen LogP contribution in [0.1, 0.15) is 39.9 Å². The van der Waals surface area contributed by atoms with Crippen molar-refractivity contribution in [2.24, 2.45) is 0 Å². The van der Waals surface area contributed by atoms with Gasteiger partial charge in [0.15, 0.2) is 0 Å². The van der Waals surface area contributed by atoms with Gasteiger partial charge in [0.2, 0.25) is 0 Å². The first kappa shape index (κ1) is 30.6. The maximum atomic E-state index is 15.0. The van der Waals surface area contributed by atoms with E-state index < -0.39 is 11.7 Å². The topological polar surface area (TPSA) is 77.1 Å². The number of hydrogen-bond donors (Lipinski definition) is 2. The van der Waals surface area contributed by atoms with Gasteiger partial charge in [0.05, 0.1) is 23.4 Å². The highest BCUT2D eigenvalue weighted by molar-refractivity contribution is 6.34. The molecule has 3 aromatic rings. The number of nitrogens with zero attached hydrogens (tertiary/aromatic N) is 3. The monoisotopic (exact) mass is 607 g/mol. The van der Waals surface area contributed by atoms with E-state index in [2.05, 4.69) is 21.6 Å². The zero-order valence-corrected chi connectivity index (χ0v) is 25.6. The van der Waals surface area contributed by atoms with Crippen molar-refractivity contribution >= 4 is 34.9 Å². The molecule has 8 nitrogen and oxygen atoms in total. The molecule has 2 fully saturated rings. The van der Waals surface area contributed by atoms with Gasteiger partial charge in [-0.25, -0.2) is 9.18 Å². The number of carbonyl (C=O) groups is 2. The molecule has 0 saturated carbocycles. The fourth-order valence-electron chi connectivity index (χ4n) is 5.71. The molecule has 0 radical (unpaired) electrons. The summed E-state index contributed by atoms with van der Waals surface area (Å²) in [5, 5.41) is 6.34. The zero-order valence-electron chi connectivity index (χ0n) is 24.8. The van der Waals surface area contributed by atoms with Gasteiger partial charge in [-0.05, 0) is 92.4 Å². The van der Waals surface area contributed by atoms with Crippen molar-refractivity contribution in [2.75, 3.05) is 63.1 Å². The fourth-order valence-corrected chi connectivity index (χ4v) is 6.05. The molecule has 3 aromatic carbocycles. The third kappa shape index (κ3) is 7.77. The Kier molecular flexibility index (Phi) is 10.0. The van der Waals surface area contributed by atoms with Gasteiger partial charge in [-0.15, -0.1) is 0 Å². The molecular formula is C33H39ClFN5O3. The van der Waals surface area contributed by atoms with E-state index in [0.717, 1.165) is 42.1 Å². The van der Waals surface area contributed by atoms with Crippen LogP contribution in [0.5, 0.6) is 5.75 Å². The lowest BCUT2D eigenvalue weighted by molar-refractivity contribution is 0.0950. The number of urea groups is 1. The third-order valence-electron chi connectivity index (χ3n) is 8.17. The summed E-state index contributed by atoms with van der Waals surface area (Å²) in [6.07, 6.45) is 3.10. The van der Waals surface area contributed by atoms with Gasteiger partial charge in [-0.2, -0.15) is 0 Å². The second-order valence-corrected chi connectivity index (χ2v) is 11.6. The maximum Gasteiger partial charge on any atom is 0.322 e. The molecule has 3 amide bonds. The predicted octanol–water partition coefficient (Wildman–Crippen LogP) is 5.72. The second kappa shape index (κ2) is 14.1. The van der Waals surface area contributed by atoms with Gasteiger partial charge < -0.3 is 25.2 Å². The van der Waals surface area contributed by atoms with E-state index in [1.54, 1.807) is 18.1 Å². The highest BCUT2D eigenvalue weighted by Gasteiger charge is 2.24. The van der Waals surface area contributed by atoms with Crippen molar-refractivity contribution in [3.05, 3.63) is 87.7 Å². The molecule has 2 saturated heterocycles. The lowest BCUT2D eigenvalue weighted by Gasteiger charge is -2.36. The normalized spacial score (nSPS) is 15.4. The van der Waals surface area contributed by atoms with E-state index in [9.17, 15) is 14.0 Å². The van der Waals surface area contributed by atoms with Crippen molar-refractivity contribution in [1.82, 2.24) is 15.1 Å². The molecule has 228 valence electrons. The van der Waals surface area contributed by atoms with Gasteiger partial charge in [0.25, 0.3) is 5.91 Å². The Morgan fingerprint density at radius 3 is 2.30 bits per heavy atom. The van der Waals surface area contributed by atoms with Gasteiger partial charge in [0, 0.05) is 45.0 Å². The van der Waals surface area contributed by atoms with Crippen LogP contribution in [0.4, 0.5) is 20.6 Å². The van der Waals surface area contributed by atoms with E-state index >= 15 is 0 Å². The maximum absolute atomic E-state index is 15.0. The van der Waals surface area contributed by atoms with E-state index in [-0.39, 0.29) is 11.6 Å². The van der Waals surface area contributed by atoms with Crippen LogP contribution >= 0.6 is 11.6 Å². The summed E-state index contributed by atoms with van der Waals surface area (Å²) < 4.78 is 20.1. The van der Waals surface area contributed by atoms with Crippen molar-refractivity contribution in [3.63, 3.8) is 0 Å². The second-order valence-electron chi connectivity index (χ2n) is 11.2. The third-order valence-corrected chi connectivity index (χ3v) is 8.47. The number of likely N-dealkylation sites (tertiary alicyclic amines) is 1. The van der Waals surface area contributed by atoms with E-state index in [1.807, 2.05) is 42.2 Å². The fraction of sp³-hybridized carbons (Fsp3) is 0.394. The number of rotatable bonds is 9. The first-order valence-electron chi connectivity index (χ1n) is 14.8.